The molecule has 0 saturated carbocycles. The summed E-state index contributed by atoms with van der Waals surface area (Å²) in [5.74, 6) is -0.828. The fraction of sp³-hybridized carbons (Fsp3) is 0.250. The molecule has 48 valence electrons. The zero-order valence-corrected chi connectivity index (χ0v) is 4.67. The first-order valence-electron chi connectivity index (χ1n) is 2.26. The van der Waals surface area contributed by atoms with E-state index in [0.29, 0.717) is 0 Å². The molecule has 9 heavy (non-hydrogen) atoms. The lowest BCUT2D eigenvalue weighted by Gasteiger charge is -1.81. The van der Waals surface area contributed by atoms with Crippen LogP contribution in [-0.2, 0) is 0 Å². The standard InChI is InChI=1S/C4H4N2O3/c1-2-3(7)9-4(8)6-5-2/h1H3,(H,6,8). The number of aryl methyl sites for hydroxylation is 1. The van der Waals surface area contributed by atoms with Crippen LogP contribution in [0, 0.1) is 6.92 Å². The van der Waals surface area contributed by atoms with Crippen LogP contribution in [0.4, 0.5) is 0 Å². The van der Waals surface area contributed by atoms with Crippen molar-refractivity contribution in [3.63, 3.8) is 0 Å². The van der Waals surface area contributed by atoms with Crippen molar-refractivity contribution >= 4 is 0 Å². The van der Waals surface area contributed by atoms with Gasteiger partial charge in [0.25, 0.3) is 0 Å². The Hall–Kier alpha value is -1.39. The molecule has 5 heteroatoms. The number of hydrogen-bond donors (Lipinski definition) is 1. The van der Waals surface area contributed by atoms with Gasteiger partial charge in [0.1, 0.15) is 5.69 Å². The third-order valence-corrected chi connectivity index (χ3v) is 0.796. The predicted octanol–water partition coefficient (Wildman–Crippen LogP) is -0.968. The second kappa shape index (κ2) is 1.85. The van der Waals surface area contributed by atoms with E-state index in [4.69, 9.17) is 0 Å². The molecule has 0 spiro atoms. The largest absolute Gasteiger partial charge is 0.435 e. The first-order chi connectivity index (χ1) is 4.20. The second-order valence-electron chi connectivity index (χ2n) is 1.49. The number of hydrogen-bond acceptors (Lipinski definition) is 4. The molecule has 0 aliphatic rings. The number of aromatic nitrogens is 2. The Bertz CT molecular complexity index is 310. The molecule has 5 nitrogen and oxygen atoms in total. The van der Waals surface area contributed by atoms with Crippen molar-refractivity contribution in [1.29, 1.82) is 0 Å². The van der Waals surface area contributed by atoms with Gasteiger partial charge in [-0.2, -0.15) is 5.10 Å². The van der Waals surface area contributed by atoms with Gasteiger partial charge in [0.15, 0.2) is 0 Å². The first-order valence-corrected chi connectivity index (χ1v) is 2.26. The van der Waals surface area contributed by atoms with E-state index in [1.165, 1.54) is 6.92 Å². The fourth-order valence-corrected chi connectivity index (χ4v) is 0.356. The second-order valence-corrected chi connectivity index (χ2v) is 1.49. The van der Waals surface area contributed by atoms with Crippen LogP contribution in [0.15, 0.2) is 14.0 Å². The summed E-state index contributed by atoms with van der Waals surface area (Å²) in [7, 11) is 0. The summed E-state index contributed by atoms with van der Waals surface area (Å²) < 4.78 is 4.08. The molecule has 1 aromatic heterocycles. The van der Waals surface area contributed by atoms with E-state index in [9.17, 15) is 9.59 Å². The first kappa shape index (κ1) is 5.74. The van der Waals surface area contributed by atoms with Crippen LogP contribution in [0.3, 0.4) is 0 Å². The van der Waals surface area contributed by atoms with Gasteiger partial charge in [-0.3, -0.25) is 0 Å². The van der Waals surface area contributed by atoms with Gasteiger partial charge in [-0.25, -0.2) is 14.7 Å². The molecule has 0 fully saturated rings. The minimum absolute atomic E-state index is 0.148. The highest BCUT2D eigenvalue weighted by atomic mass is 16.4. The number of rotatable bonds is 0. The molecule has 0 aliphatic heterocycles. The fourth-order valence-electron chi connectivity index (χ4n) is 0.356. The lowest BCUT2D eigenvalue weighted by Crippen LogP contribution is -2.18. The molecular formula is C4H4N2O3. The smallest absolute Gasteiger partial charge is 0.370 e. The summed E-state index contributed by atoms with van der Waals surface area (Å²) >= 11 is 0. The number of H-pyrrole nitrogens is 1. The highest BCUT2D eigenvalue weighted by molar-refractivity contribution is 4.82. The van der Waals surface area contributed by atoms with Crippen molar-refractivity contribution in [2.45, 2.75) is 6.92 Å². The Kier molecular flexibility index (Phi) is 1.18. The molecule has 0 radical (unpaired) electrons. The summed E-state index contributed by atoms with van der Waals surface area (Å²) in [4.78, 5) is 20.5. The zero-order valence-electron chi connectivity index (χ0n) is 4.67. The highest BCUT2D eigenvalue weighted by Gasteiger charge is 1.93. The molecule has 0 saturated heterocycles. The van der Waals surface area contributed by atoms with Gasteiger partial charge in [0, 0.05) is 0 Å². The predicted molar refractivity (Wildman–Crippen MR) is 28.1 cm³/mol. The van der Waals surface area contributed by atoms with E-state index in [2.05, 4.69) is 9.52 Å². The van der Waals surface area contributed by atoms with E-state index < -0.39 is 11.4 Å². The monoisotopic (exact) mass is 128 g/mol. The van der Waals surface area contributed by atoms with Gasteiger partial charge in [-0.15, -0.1) is 0 Å². The SMILES string of the molecule is Cc1n[nH]c(=O)oc1=O. The minimum Gasteiger partial charge on any atom is -0.370 e. The molecule has 0 bridgehead atoms. The molecule has 0 amide bonds. The van der Waals surface area contributed by atoms with E-state index >= 15 is 0 Å². The third kappa shape index (κ3) is 1.04. The lowest BCUT2D eigenvalue weighted by atomic mass is 10.6. The van der Waals surface area contributed by atoms with Gasteiger partial charge < -0.3 is 4.42 Å². The molecule has 0 atom stereocenters. The van der Waals surface area contributed by atoms with Crippen LogP contribution in [0.1, 0.15) is 5.69 Å². The van der Waals surface area contributed by atoms with Gasteiger partial charge in [-0.05, 0) is 6.92 Å². The Morgan fingerprint density at radius 2 is 2.22 bits per heavy atom. The molecular weight excluding hydrogens is 124 g/mol. The average molecular weight is 128 g/mol. The van der Waals surface area contributed by atoms with Gasteiger partial charge in [-0.1, -0.05) is 0 Å². The van der Waals surface area contributed by atoms with Gasteiger partial charge in [0.2, 0.25) is 0 Å². The zero-order chi connectivity index (χ0) is 6.85. The van der Waals surface area contributed by atoms with Crippen LogP contribution in [0.5, 0.6) is 0 Å². The van der Waals surface area contributed by atoms with Crippen LogP contribution < -0.4 is 11.4 Å². The minimum atomic E-state index is -0.828. The molecule has 1 rings (SSSR count). The summed E-state index contributed by atoms with van der Waals surface area (Å²) in [5, 5.41) is 5.30. The van der Waals surface area contributed by atoms with Crippen LogP contribution >= 0.6 is 0 Å². The normalized spacial score (nSPS) is 9.44. The lowest BCUT2D eigenvalue weighted by molar-refractivity contribution is 0.425. The molecule has 0 unspecified atom stereocenters. The Balaban J connectivity index is 3.52. The van der Waals surface area contributed by atoms with Crippen LogP contribution in [0.2, 0.25) is 0 Å². The van der Waals surface area contributed by atoms with Crippen molar-refractivity contribution in [3.05, 3.63) is 26.7 Å². The quantitative estimate of drug-likeness (QED) is 0.487. The van der Waals surface area contributed by atoms with Crippen molar-refractivity contribution in [2.24, 2.45) is 0 Å². The maximum absolute atomic E-state index is 10.4. The molecule has 1 N–H and O–H groups in total. The third-order valence-electron chi connectivity index (χ3n) is 0.796. The van der Waals surface area contributed by atoms with Crippen molar-refractivity contribution < 1.29 is 4.42 Å². The molecule has 1 heterocycles. The Morgan fingerprint density at radius 3 is 2.67 bits per heavy atom. The van der Waals surface area contributed by atoms with Crippen molar-refractivity contribution in [2.75, 3.05) is 0 Å². The Morgan fingerprint density at radius 1 is 1.56 bits per heavy atom. The number of nitrogens with zero attached hydrogens (tertiary/aromatic N) is 1. The van der Waals surface area contributed by atoms with Crippen LogP contribution in [0.25, 0.3) is 0 Å². The van der Waals surface area contributed by atoms with Crippen molar-refractivity contribution in [1.82, 2.24) is 10.2 Å². The van der Waals surface area contributed by atoms with E-state index in [0.717, 1.165) is 0 Å². The number of aromatic amines is 1. The van der Waals surface area contributed by atoms with E-state index in [1.807, 2.05) is 5.10 Å². The Labute approximate surface area is 49.3 Å². The van der Waals surface area contributed by atoms with E-state index in [1.54, 1.807) is 0 Å². The molecule has 0 aliphatic carbocycles. The highest BCUT2D eigenvalue weighted by Crippen LogP contribution is 1.68. The van der Waals surface area contributed by atoms with Crippen LogP contribution in [-0.4, -0.2) is 10.2 Å². The summed E-state index contributed by atoms with van der Waals surface area (Å²) in [6.45, 7) is 1.45. The topological polar surface area (TPSA) is 76.0 Å². The maximum Gasteiger partial charge on any atom is 0.435 e. The van der Waals surface area contributed by atoms with Gasteiger partial charge >= 0.3 is 11.4 Å². The number of nitrogens with one attached hydrogen (secondary N) is 1. The van der Waals surface area contributed by atoms with E-state index in [-0.39, 0.29) is 5.69 Å². The maximum atomic E-state index is 10.4. The molecule has 0 aromatic carbocycles. The van der Waals surface area contributed by atoms with Crippen molar-refractivity contribution in [3.8, 4) is 0 Å². The average Bonchev–Trinajstić information content (AvgIpc) is 1.80. The summed E-state index contributed by atoms with van der Waals surface area (Å²) in [6.07, 6.45) is 0. The summed E-state index contributed by atoms with van der Waals surface area (Å²) in [6, 6.07) is 0. The van der Waals surface area contributed by atoms with Gasteiger partial charge in [0.05, 0.1) is 0 Å². The molecule has 1 aromatic rings. The summed E-state index contributed by atoms with van der Waals surface area (Å²) in [5.41, 5.74) is -0.548.